The van der Waals surface area contributed by atoms with Crippen LogP contribution in [0.5, 0.6) is 0 Å². The SMILES string of the molecule is CC(O)C(C)(C)Nc1ccc(Cl)cc1C(=O)O. The van der Waals surface area contributed by atoms with E-state index in [0.29, 0.717) is 10.7 Å². The lowest BCUT2D eigenvalue weighted by atomic mass is 9.97. The van der Waals surface area contributed by atoms with Crippen LogP contribution in [0.2, 0.25) is 5.02 Å². The van der Waals surface area contributed by atoms with Gasteiger partial charge in [0.1, 0.15) is 0 Å². The molecule has 0 saturated heterocycles. The van der Waals surface area contributed by atoms with Crippen LogP contribution in [0.4, 0.5) is 5.69 Å². The zero-order valence-electron chi connectivity index (χ0n) is 9.99. The summed E-state index contributed by atoms with van der Waals surface area (Å²) in [5, 5.41) is 22.0. The second kappa shape index (κ2) is 4.94. The van der Waals surface area contributed by atoms with Gasteiger partial charge >= 0.3 is 5.97 Å². The molecule has 17 heavy (non-hydrogen) atoms. The van der Waals surface area contributed by atoms with Gasteiger partial charge in [-0.15, -0.1) is 0 Å². The smallest absolute Gasteiger partial charge is 0.337 e. The lowest BCUT2D eigenvalue weighted by Gasteiger charge is -2.31. The molecule has 4 nitrogen and oxygen atoms in total. The number of anilines is 1. The standard InChI is InChI=1S/C12H16ClNO3/c1-7(15)12(2,3)14-10-5-4-8(13)6-9(10)11(16)17/h4-7,14-15H,1-3H3,(H,16,17). The molecule has 1 aromatic rings. The van der Waals surface area contributed by atoms with Gasteiger partial charge in [-0.3, -0.25) is 0 Å². The number of carboxylic acid groups (broad SMARTS) is 1. The summed E-state index contributed by atoms with van der Waals surface area (Å²) in [6.07, 6.45) is -0.625. The number of carbonyl (C=O) groups is 1. The fourth-order valence-electron chi connectivity index (χ4n) is 1.25. The van der Waals surface area contributed by atoms with Crippen LogP contribution < -0.4 is 5.32 Å². The monoisotopic (exact) mass is 257 g/mol. The number of benzene rings is 1. The van der Waals surface area contributed by atoms with Crippen molar-refractivity contribution in [2.24, 2.45) is 0 Å². The van der Waals surface area contributed by atoms with E-state index >= 15 is 0 Å². The Morgan fingerprint density at radius 3 is 2.53 bits per heavy atom. The highest BCUT2D eigenvalue weighted by Crippen LogP contribution is 2.25. The Hall–Kier alpha value is -1.26. The molecule has 0 aliphatic heterocycles. The van der Waals surface area contributed by atoms with E-state index in [1.807, 2.05) is 0 Å². The van der Waals surface area contributed by atoms with E-state index in [0.717, 1.165) is 0 Å². The highest BCUT2D eigenvalue weighted by atomic mass is 35.5. The van der Waals surface area contributed by atoms with Gasteiger partial charge in [-0.05, 0) is 39.0 Å². The third-order valence-corrected chi connectivity index (χ3v) is 2.95. The molecule has 0 heterocycles. The third kappa shape index (κ3) is 3.35. The van der Waals surface area contributed by atoms with E-state index in [1.54, 1.807) is 32.9 Å². The highest BCUT2D eigenvalue weighted by molar-refractivity contribution is 6.31. The van der Waals surface area contributed by atoms with Gasteiger partial charge in [0, 0.05) is 10.7 Å². The molecule has 0 aliphatic carbocycles. The minimum absolute atomic E-state index is 0.0891. The fourth-order valence-corrected chi connectivity index (χ4v) is 1.43. The lowest BCUT2D eigenvalue weighted by molar-refractivity contribution is 0.0697. The Morgan fingerprint density at radius 2 is 2.06 bits per heavy atom. The van der Waals surface area contributed by atoms with Crippen molar-refractivity contribution in [2.45, 2.75) is 32.4 Å². The van der Waals surface area contributed by atoms with E-state index in [4.69, 9.17) is 16.7 Å². The van der Waals surface area contributed by atoms with Crippen molar-refractivity contribution >= 4 is 23.3 Å². The molecular weight excluding hydrogens is 242 g/mol. The van der Waals surface area contributed by atoms with Gasteiger partial charge in [0.05, 0.1) is 17.2 Å². The Bertz CT molecular complexity index is 430. The largest absolute Gasteiger partial charge is 0.478 e. The summed E-state index contributed by atoms with van der Waals surface area (Å²) in [6, 6.07) is 4.58. The van der Waals surface area contributed by atoms with Crippen molar-refractivity contribution in [3.63, 3.8) is 0 Å². The molecule has 3 N–H and O–H groups in total. The van der Waals surface area contributed by atoms with Crippen molar-refractivity contribution in [1.29, 1.82) is 0 Å². The van der Waals surface area contributed by atoms with Crippen LogP contribution in [0.1, 0.15) is 31.1 Å². The van der Waals surface area contributed by atoms with E-state index in [2.05, 4.69) is 5.32 Å². The van der Waals surface area contributed by atoms with Crippen LogP contribution in [0.3, 0.4) is 0 Å². The van der Waals surface area contributed by atoms with Crippen molar-refractivity contribution in [3.05, 3.63) is 28.8 Å². The fraction of sp³-hybridized carbons (Fsp3) is 0.417. The number of rotatable bonds is 4. The summed E-state index contributed by atoms with van der Waals surface area (Å²) in [7, 11) is 0. The van der Waals surface area contributed by atoms with Crippen molar-refractivity contribution < 1.29 is 15.0 Å². The van der Waals surface area contributed by atoms with Gasteiger partial charge in [-0.25, -0.2) is 4.79 Å². The number of aliphatic hydroxyl groups is 1. The molecule has 1 atom stereocenters. The summed E-state index contributed by atoms with van der Waals surface area (Å²) in [5.41, 5.74) is -0.100. The van der Waals surface area contributed by atoms with E-state index in [1.165, 1.54) is 6.07 Å². The second-order valence-corrected chi connectivity index (χ2v) is 4.95. The molecule has 94 valence electrons. The maximum absolute atomic E-state index is 11.1. The maximum Gasteiger partial charge on any atom is 0.337 e. The van der Waals surface area contributed by atoms with Gasteiger partial charge in [0.2, 0.25) is 0 Å². The Kier molecular flexibility index (Phi) is 4.01. The first-order valence-electron chi connectivity index (χ1n) is 5.23. The molecule has 5 heteroatoms. The van der Waals surface area contributed by atoms with Gasteiger partial charge in [-0.2, -0.15) is 0 Å². The number of hydrogen-bond donors (Lipinski definition) is 3. The lowest BCUT2D eigenvalue weighted by Crippen LogP contribution is -2.42. The van der Waals surface area contributed by atoms with Crippen LogP contribution in [0, 0.1) is 0 Å². The zero-order chi connectivity index (χ0) is 13.2. The number of hydrogen-bond acceptors (Lipinski definition) is 3. The Labute approximate surface area is 105 Å². The predicted molar refractivity (Wildman–Crippen MR) is 67.8 cm³/mol. The highest BCUT2D eigenvalue weighted by Gasteiger charge is 2.25. The van der Waals surface area contributed by atoms with Crippen LogP contribution in [-0.2, 0) is 0 Å². The van der Waals surface area contributed by atoms with Gasteiger partial charge in [0.25, 0.3) is 0 Å². The van der Waals surface area contributed by atoms with E-state index < -0.39 is 17.6 Å². The van der Waals surface area contributed by atoms with Crippen LogP contribution in [0.15, 0.2) is 18.2 Å². The first-order valence-corrected chi connectivity index (χ1v) is 5.61. The average Bonchev–Trinajstić information content (AvgIpc) is 2.19. The van der Waals surface area contributed by atoms with Gasteiger partial charge in [0.15, 0.2) is 0 Å². The number of nitrogens with one attached hydrogen (secondary N) is 1. The molecule has 0 spiro atoms. The van der Waals surface area contributed by atoms with Crippen LogP contribution in [0.25, 0.3) is 0 Å². The molecule has 0 aromatic heterocycles. The molecule has 1 unspecified atom stereocenters. The number of aromatic carboxylic acids is 1. The third-order valence-electron chi connectivity index (χ3n) is 2.71. The molecule has 0 radical (unpaired) electrons. The molecule has 0 bridgehead atoms. The zero-order valence-corrected chi connectivity index (χ0v) is 10.7. The van der Waals surface area contributed by atoms with Crippen molar-refractivity contribution in [3.8, 4) is 0 Å². The van der Waals surface area contributed by atoms with Crippen molar-refractivity contribution in [1.82, 2.24) is 0 Å². The molecule has 1 rings (SSSR count). The molecule has 0 saturated carbocycles. The first kappa shape index (κ1) is 13.8. The van der Waals surface area contributed by atoms with Gasteiger partial charge < -0.3 is 15.5 Å². The van der Waals surface area contributed by atoms with Crippen LogP contribution >= 0.6 is 11.6 Å². The van der Waals surface area contributed by atoms with Gasteiger partial charge in [-0.1, -0.05) is 11.6 Å². The quantitative estimate of drug-likeness (QED) is 0.776. The van der Waals surface area contributed by atoms with Crippen molar-refractivity contribution in [2.75, 3.05) is 5.32 Å². The Morgan fingerprint density at radius 1 is 1.47 bits per heavy atom. The summed E-state index contributed by atoms with van der Waals surface area (Å²) >= 11 is 5.75. The first-order chi connectivity index (χ1) is 7.74. The summed E-state index contributed by atoms with van der Waals surface area (Å²) < 4.78 is 0. The predicted octanol–water partition coefficient (Wildman–Crippen LogP) is 2.61. The maximum atomic E-state index is 11.1. The van der Waals surface area contributed by atoms with E-state index in [9.17, 15) is 9.90 Å². The topological polar surface area (TPSA) is 69.6 Å². The minimum atomic E-state index is -1.06. The molecule has 0 fully saturated rings. The van der Waals surface area contributed by atoms with E-state index in [-0.39, 0.29) is 5.56 Å². The number of aliphatic hydroxyl groups excluding tert-OH is 1. The summed E-state index contributed by atoms with van der Waals surface area (Å²) in [5.74, 6) is -1.06. The second-order valence-electron chi connectivity index (χ2n) is 4.52. The van der Waals surface area contributed by atoms with Crippen LogP contribution in [-0.4, -0.2) is 27.8 Å². The summed E-state index contributed by atoms with van der Waals surface area (Å²) in [4.78, 5) is 11.1. The Balaban J connectivity index is 3.11. The minimum Gasteiger partial charge on any atom is -0.478 e. The average molecular weight is 258 g/mol. The summed E-state index contributed by atoms with van der Waals surface area (Å²) in [6.45, 7) is 5.22. The normalized spacial score (nSPS) is 13.2. The molecule has 1 aromatic carbocycles. The number of halogens is 1. The molecule has 0 aliphatic rings. The molecular formula is C12H16ClNO3. The number of carboxylic acids is 1. The molecule has 0 amide bonds.